The number of nitrogens with zero attached hydrogens (tertiary/aromatic N) is 2. The number of aromatic nitrogens is 1. The van der Waals surface area contributed by atoms with E-state index in [1.165, 1.54) is 18.3 Å². The van der Waals surface area contributed by atoms with Gasteiger partial charge in [-0.05, 0) is 24.3 Å². The number of nitrogen functional groups attached to an aromatic ring is 1. The number of nitro groups is 1. The maximum absolute atomic E-state index is 10.6. The van der Waals surface area contributed by atoms with Crippen LogP contribution in [0.25, 0.3) is 0 Å². The minimum Gasteiger partial charge on any atom is -0.439 e. The highest BCUT2D eigenvalue weighted by atomic mass is 16.6. The number of hydrogen-bond acceptors (Lipinski definition) is 5. The van der Waals surface area contributed by atoms with Crippen LogP contribution in [0.5, 0.6) is 11.6 Å². The first-order valence-electron chi connectivity index (χ1n) is 4.79. The second-order valence-electron chi connectivity index (χ2n) is 3.28. The smallest absolute Gasteiger partial charge is 0.276 e. The SMILES string of the molecule is Nc1ccc(Oc2cc([N+](=O)[O-])ccn2)cc1. The van der Waals surface area contributed by atoms with Gasteiger partial charge in [0, 0.05) is 18.0 Å². The van der Waals surface area contributed by atoms with Gasteiger partial charge in [0.1, 0.15) is 5.75 Å². The lowest BCUT2D eigenvalue weighted by molar-refractivity contribution is -0.385. The normalized spacial score (nSPS) is 9.88. The molecule has 1 aromatic heterocycles. The molecule has 0 aliphatic carbocycles. The van der Waals surface area contributed by atoms with Crippen LogP contribution in [-0.2, 0) is 0 Å². The van der Waals surface area contributed by atoms with Gasteiger partial charge in [0.05, 0.1) is 11.0 Å². The lowest BCUT2D eigenvalue weighted by atomic mass is 10.3. The Hall–Kier alpha value is -2.63. The van der Waals surface area contributed by atoms with Crippen molar-refractivity contribution in [3.05, 3.63) is 52.7 Å². The third-order valence-electron chi connectivity index (χ3n) is 2.03. The Bertz CT molecular complexity index is 540. The van der Waals surface area contributed by atoms with Crippen LogP contribution < -0.4 is 10.5 Å². The molecule has 6 heteroatoms. The Morgan fingerprint density at radius 3 is 2.59 bits per heavy atom. The number of pyridine rings is 1. The third kappa shape index (κ3) is 2.69. The fourth-order valence-corrected chi connectivity index (χ4v) is 1.22. The quantitative estimate of drug-likeness (QED) is 0.497. The highest BCUT2D eigenvalue weighted by molar-refractivity contribution is 5.43. The van der Waals surface area contributed by atoms with Gasteiger partial charge in [-0.15, -0.1) is 0 Å². The summed E-state index contributed by atoms with van der Waals surface area (Å²) in [7, 11) is 0. The van der Waals surface area contributed by atoms with E-state index >= 15 is 0 Å². The Morgan fingerprint density at radius 2 is 1.94 bits per heavy atom. The molecule has 0 aliphatic heterocycles. The summed E-state index contributed by atoms with van der Waals surface area (Å²) in [6.07, 6.45) is 1.32. The second-order valence-corrected chi connectivity index (χ2v) is 3.28. The number of anilines is 1. The van der Waals surface area contributed by atoms with E-state index in [1.807, 2.05) is 0 Å². The first-order chi connectivity index (χ1) is 8.15. The lowest BCUT2D eigenvalue weighted by Crippen LogP contribution is -1.92. The summed E-state index contributed by atoms with van der Waals surface area (Å²) in [5.74, 6) is 0.691. The largest absolute Gasteiger partial charge is 0.439 e. The minimum atomic E-state index is -0.502. The Kier molecular flexibility index (Phi) is 2.87. The van der Waals surface area contributed by atoms with E-state index in [-0.39, 0.29) is 11.6 Å². The summed E-state index contributed by atoms with van der Waals surface area (Å²) in [5.41, 5.74) is 6.07. The standard InChI is InChI=1S/C11H9N3O3/c12-8-1-3-10(4-2-8)17-11-7-9(14(15)16)5-6-13-11/h1-7H,12H2. The van der Waals surface area contributed by atoms with Gasteiger partial charge in [0.2, 0.25) is 5.88 Å². The zero-order valence-corrected chi connectivity index (χ0v) is 8.74. The molecule has 0 fully saturated rings. The van der Waals surface area contributed by atoms with Crippen LogP contribution in [0.2, 0.25) is 0 Å². The molecule has 0 spiro atoms. The molecule has 86 valence electrons. The lowest BCUT2D eigenvalue weighted by Gasteiger charge is -2.04. The summed E-state index contributed by atoms with van der Waals surface area (Å²) < 4.78 is 5.35. The van der Waals surface area contributed by atoms with Crippen LogP contribution in [0.15, 0.2) is 42.6 Å². The maximum atomic E-state index is 10.6. The van der Waals surface area contributed by atoms with Crippen LogP contribution in [-0.4, -0.2) is 9.91 Å². The maximum Gasteiger partial charge on any atom is 0.276 e. The van der Waals surface area contributed by atoms with Crippen molar-refractivity contribution in [1.29, 1.82) is 0 Å². The Morgan fingerprint density at radius 1 is 1.24 bits per heavy atom. The molecule has 0 aliphatic rings. The van der Waals surface area contributed by atoms with Crippen LogP contribution in [0.3, 0.4) is 0 Å². The predicted octanol–water partition coefficient (Wildman–Crippen LogP) is 2.36. The Labute approximate surface area is 96.8 Å². The highest BCUT2D eigenvalue weighted by Crippen LogP contribution is 2.23. The van der Waals surface area contributed by atoms with Crippen LogP contribution in [0, 0.1) is 10.1 Å². The fraction of sp³-hybridized carbons (Fsp3) is 0. The number of hydrogen-bond donors (Lipinski definition) is 1. The van der Waals surface area contributed by atoms with E-state index in [1.54, 1.807) is 24.3 Å². The van der Waals surface area contributed by atoms with Gasteiger partial charge in [-0.1, -0.05) is 0 Å². The molecule has 0 saturated carbocycles. The van der Waals surface area contributed by atoms with Crippen LogP contribution in [0.1, 0.15) is 0 Å². The van der Waals surface area contributed by atoms with Crippen LogP contribution in [0.4, 0.5) is 11.4 Å². The van der Waals surface area contributed by atoms with E-state index < -0.39 is 4.92 Å². The van der Waals surface area contributed by atoms with Gasteiger partial charge >= 0.3 is 0 Å². The summed E-state index contributed by atoms with van der Waals surface area (Å²) >= 11 is 0. The number of rotatable bonds is 3. The number of ether oxygens (including phenoxy) is 1. The molecule has 17 heavy (non-hydrogen) atoms. The second kappa shape index (κ2) is 4.48. The van der Waals surface area contributed by atoms with Crippen molar-refractivity contribution in [2.24, 2.45) is 0 Å². The van der Waals surface area contributed by atoms with Crippen LogP contribution >= 0.6 is 0 Å². The average molecular weight is 231 g/mol. The molecule has 2 rings (SSSR count). The molecule has 0 amide bonds. The minimum absolute atomic E-state index is 0.0644. The van der Waals surface area contributed by atoms with E-state index in [0.29, 0.717) is 11.4 Å². The molecule has 6 nitrogen and oxygen atoms in total. The van der Waals surface area contributed by atoms with Gasteiger partial charge in [0.25, 0.3) is 5.69 Å². The first-order valence-corrected chi connectivity index (χ1v) is 4.79. The molecule has 2 aromatic rings. The topological polar surface area (TPSA) is 91.3 Å². The van der Waals surface area contributed by atoms with E-state index in [9.17, 15) is 10.1 Å². The van der Waals surface area contributed by atoms with Crippen molar-refractivity contribution >= 4 is 11.4 Å². The third-order valence-corrected chi connectivity index (χ3v) is 2.03. The zero-order valence-electron chi connectivity index (χ0n) is 8.74. The van der Waals surface area contributed by atoms with Crippen molar-refractivity contribution in [1.82, 2.24) is 4.98 Å². The number of nitrogens with two attached hydrogens (primary N) is 1. The zero-order chi connectivity index (χ0) is 12.3. The molecular formula is C11H9N3O3. The molecule has 0 bridgehead atoms. The summed E-state index contributed by atoms with van der Waals surface area (Å²) in [6, 6.07) is 9.23. The number of benzene rings is 1. The molecule has 0 radical (unpaired) electrons. The van der Waals surface area contributed by atoms with Crippen molar-refractivity contribution in [3.63, 3.8) is 0 Å². The van der Waals surface area contributed by atoms with E-state index in [0.717, 1.165) is 0 Å². The van der Waals surface area contributed by atoms with Gasteiger partial charge in [0.15, 0.2) is 0 Å². The van der Waals surface area contributed by atoms with Crippen molar-refractivity contribution in [2.45, 2.75) is 0 Å². The molecule has 0 atom stereocenters. The van der Waals surface area contributed by atoms with Gasteiger partial charge in [-0.2, -0.15) is 0 Å². The van der Waals surface area contributed by atoms with E-state index in [4.69, 9.17) is 10.5 Å². The molecule has 0 saturated heterocycles. The van der Waals surface area contributed by atoms with Gasteiger partial charge in [-0.25, -0.2) is 4.98 Å². The molecule has 2 N–H and O–H groups in total. The molecule has 0 unspecified atom stereocenters. The molecular weight excluding hydrogens is 222 g/mol. The Balaban J connectivity index is 2.21. The summed E-state index contributed by atoms with van der Waals surface area (Å²) in [4.78, 5) is 13.9. The average Bonchev–Trinajstić information content (AvgIpc) is 2.32. The summed E-state index contributed by atoms with van der Waals surface area (Å²) in [6.45, 7) is 0. The molecule has 1 aromatic carbocycles. The van der Waals surface area contributed by atoms with Crippen molar-refractivity contribution in [2.75, 3.05) is 5.73 Å². The van der Waals surface area contributed by atoms with Crippen molar-refractivity contribution in [3.8, 4) is 11.6 Å². The predicted molar refractivity (Wildman–Crippen MR) is 61.8 cm³/mol. The van der Waals surface area contributed by atoms with Crippen molar-refractivity contribution < 1.29 is 9.66 Å². The highest BCUT2D eigenvalue weighted by Gasteiger charge is 2.07. The van der Waals surface area contributed by atoms with Gasteiger partial charge in [-0.3, -0.25) is 10.1 Å². The van der Waals surface area contributed by atoms with E-state index in [2.05, 4.69) is 4.98 Å². The molecule has 1 heterocycles. The first kappa shape index (κ1) is 10.9. The van der Waals surface area contributed by atoms with Gasteiger partial charge < -0.3 is 10.5 Å². The summed E-state index contributed by atoms with van der Waals surface area (Å²) in [5, 5.41) is 10.6. The fourth-order valence-electron chi connectivity index (χ4n) is 1.22. The monoisotopic (exact) mass is 231 g/mol.